The molecule has 0 aliphatic heterocycles. The molecule has 0 aliphatic rings. The molecular formula is C7H12N4O3. The van der Waals surface area contributed by atoms with Crippen molar-refractivity contribution in [3.8, 4) is 0 Å². The Morgan fingerprint density at radius 2 is 2.50 bits per heavy atom. The van der Waals surface area contributed by atoms with Crippen molar-refractivity contribution in [3.05, 3.63) is 11.8 Å². The molecule has 0 radical (unpaired) electrons. The van der Waals surface area contributed by atoms with Gasteiger partial charge >= 0.3 is 6.09 Å². The third-order valence-electron chi connectivity index (χ3n) is 1.48. The molecule has 0 unspecified atom stereocenters. The number of ether oxygens (including phenoxy) is 1. The zero-order valence-electron chi connectivity index (χ0n) is 8.06. The van der Waals surface area contributed by atoms with E-state index in [2.05, 4.69) is 9.79 Å². The van der Waals surface area contributed by atoms with Gasteiger partial charge in [-0.1, -0.05) is 11.7 Å². The van der Waals surface area contributed by atoms with Crippen molar-refractivity contribution >= 4 is 6.09 Å². The minimum Gasteiger partial charge on any atom is -0.462 e. The van der Waals surface area contributed by atoms with E-state index in [9.17, 15) is 4.79 Å². The van der Waals surface area contributed by atoms with Crippen molar-refractivity contribution in [3.63, 3.8) is 0 Å². The average molecular weight is 200 g/mol. The van der Waals surface area contributed by atoms with E-state index in [4.69, 9.17) is 10.1 Å². The molecular weight excluding hydrogens is 188 g/mol. The second-order valence-electron chi connectivity index (χ2n) is 2.40. The van der Waals surface area contributed by atoms with Crippen LogP contribution < -0.4 is 20.6 Å². The summed E-state index contributed by atoms with van der Waals surface area (Å²) in [7, 11) is 0. The van der Waals surface area contributed by atoms with E-state index < -0.39 is 6.09 Å². The molecule has 1 N–H and O–H groups in total. The summed E-state index contributed by atoms with van der Waals surface area (Å²) >= 11 is 0. The van der Waals surface area contributed by atoms with E-state index in [-0.39, 0.29) is 5.55 Å². The van der Waals surface area contributed by atoms with Crippen molar-refractivity contribution in [1.29, 1.82) is 5.41 Å². The van der Waals surface area contributed by atoms with Crippen molar-refractivity contribution in [2.75, 3.05) is 18.2 Å². The van der Waals surface area contributed by atoms with Crippen LogP contribution in [0.2, 0.25) is 0 Å². The van der Waals surface area contributed by atoms with E-state index in [0.29, 0.717) is 13.2 Å². The van der Waals surface area contributed by atoms with E-state index >= 15 is 0 Å². The van der Waals surface area contributed by atoms with Crippen LogP contribution in [-0.2, 0) is 4.74 Å². The van der Waals surface area contributed by atoms with Crippen LogP contribution in [0.3, 0.4) is 0 Å². The van der Waals surface area contributed by atoms with Crippen LogP contribution in [0.15, 0.2) is 10.7 Å². The SMILES string of the molecule is CCOC(=O)N(CC)[n+]1cc(=N)o[n-]1. The smallest absolute Gasteiger partial charge is 0.377 e. The Balaban J connectivity index is 2.81. The summed E-state index contributed by atoms with van der Waals surface area (Å²) in [4.78, 5) is 12.5. The fourth-order valence-electron chi connectivity index (χ4n) is 0.907. The number of amides is 1. The Bertz CT molecular complexity index is 356. The number of carbonyl (C=O) groups excluding carboxylic acids is 1. The fraction of sp³-hybridized carbons (Fsp3) is 0.571. The van der Waals surface area contributed by atoms with Crippen LogP contribution in [0.4, 0.5) is 4.79 Å². The molecule has 0 saturated carbocycles. The Labute approximate surface area is 80.3 Å². The third kappa shape index (κ3) is 2.12. The monoisotopic (exact) mass is 200 g/mol. The largest absolute Gasteiger partial charge is 0.462 e. The highest BCUT2D eigenvalue weighted by molar-refractivity contribution is 5.76. The molecule has 0 atom stereocenters. The van der Waals surface area contributed by atoms with Gasteiger partial charge in [-0.15, -0.1) is 0 Å². The quantitative estimate of drug-likeness (QED) is 0.642. The highest BCUT2D eigenvalue weighted by Crippen LogP contribution is 1.84. The van der Waals surface area contributed by atoms with Gasteiger partial charge in [0.15, 0.2) is 0 Å². The summed E-state index contributed by atoms with van der Waals surface area (Å²) in [5.41, 5.74) is -0.118. The first-order valence-electron chi connectivity index (χ1n) is 4.23. The van der Waals surface area contributed by atoms with Crippen LogP contribution in [0.1, 0.15) is 13.8 Å². The Morgan fingerprint density at radius 1 is 1.79 bits per heavy atom. The molecule has 7 heteroatoms. The van der Waals surface area contributed by atoms with Crippen LogP contribution >= 0.6 is 0 Å². The average Bonchev–Trinajstić information content (AvgIpc) is 2.54. The number of nitrogens with zero attached hydrogens (tertiary/aromatic N) is 3. The van der Waals surface area contributed by atoms with Gasteiger partial charge in [-0.2, -0.15) is 5.01 Å². The summed E-state index contributed by atoms with van der Waals surface area (Å²) in [5.74, 6) is 0. The molecule has 1 aromatic heterocycles. The van der Waals surface area contributed by atoms with E-state index in [1.54, 1.807) is 13.8 Å². The molecule has 1 rings (SSSR count). The van der Waals surface area contributed by atoms with Crippen LogP contribution in [0.5, 0.6) is 0 Å². The number of carbonyl (C=O) groups is 1. The number of nitrogens with one attached hydrogen (secondary N) is 1. The van der Waals surface area contributed by atoms with Gasteiger partial charge in [-0.25, -0.2) is 4.79 Å². The van der Waals surface area contributed by atoms with Gasteiger partial charge in [0.2, 0.25) is 0 Å². The third-order valence-corrected chi connectivity index (χ3v) is 1.48. The fourth-order valence-corrected chi connectivity index (χ4v) is 0.907. The topological polar surface area (TPSA) is 84.5 Å². The first-order valence-corrected chi connectivity index (χ1v) is 4.23. The van der Waals surface area contributed by atoms with Crippen LogP contribution in [0.25, 0.3) is 0 Å². The normalized spacial score (nSPS) is 9.86. The molecule has 0 spiro atoms. The lowest BCUT2D eigenvalue weighted by Crippen LogP contribution is -2.63. The maximum absolute atomic E-state index is 11.3. The summed E-state index contributed by atoms with van der Waals surface area (Å²) in [6.45, 7) is 4.16. The predicted octanol–water partition coefficient (Wildman–Crippen LogP) is -0.882. The van der Waals surface area contributed by atoms with Crippen molar-refractivity contribution in [2.24, 2.45) is 0 Å². The zero-order valence-corrected chi connectivity index (χ0v) is 8.06. The zero-order chi connectivity index (χ0) is 10.6. The van der Waals surface area contributed by atoms with Gasteiger partial charge in [0.05, 0.1) is 6.61 Å². The number of rotatable bonds is 3. The van der Waals surface area contributed by atoms with Crippen molar-refractivity contribution in [1.82, 2.24) is 5.27 Å². The summed E-state index contributed by atoms with van der Waals surface area (Å²) in [5, 5.41) is 11.8. The van der Waals surface area contributed by atoms with Crippen molar-refractivity contribution in [2.45, 2.75) is 13.8 Å². The number of aromatic nitrogens is 2. The molecule has 1 aromatic rings. The molecule has 0 aliphatic carbocycles. The summed E-state index contributed by atoms with van der Waals surface area (Å²) in [6, 6.07) is 0. The van der Waals surface area contributed by atoms with Gasteiger partial charge in [0.25, 0.3) is 11.8 Å². The van der Waals surface area contributed by atoms with Crippen LogP contribution in [-0.4, -0.2) is 19.2 Å². The number of hydrogen-bond acceptors (Lipinski definition) is 4. The molecule has 78 valence electrons. The Hall–Kier alpha value is -1.79. The summed E-state index contributed by atoms with van der Waals surface area (Å²) < 4.78 is 9.29. The maximum atomic E-state index is 11.3. The lowest BCUT2D eigenvalue weighted by atomic mass is 10.7. The molecule has 14 heavy (non-hydrogen) atoms. The van der Waals surface area contributed by atoms with Gasteiger partial charge in [0.1, 0.15) is 0 Å². The lowest BCUT2D eigenvalue weighted by molar-refractivity contribution is -0.755. The maximum Gasteiger partial charge on any atom is 0.377 e. The van der Waals surface area contributed by atoms with E-state index in [1.807, 2.05) is 0 Å². The van der Waals surface area contributed by atoms with Gasteiger partial charge < -0.3 is 9.26 Å². The molecule has 0 saturated heterocycles. The van der Waals surface area contributed by atoms with Gasteiger partial charge in [-0.05, 0) is 12.2 Å². The van der Waals surface area contributed by atoms with E-state index in [0.717, 1.165) is 4.79 Å². The molecule has 0 fully saturated rings. The lowest BCUT2D eigenvalue weighted by Gasteiger charge is -2.17. The first-order chi connectivity index (χ1) is 6.69. The Kier molecular flexibility index (Phi) is 3.27. The minimum absolute atomic E-state index is 0.118. The minimum atomic E-state index is -0.520. The van der Waals surface area contributed by atoms with E-state index in [1.165, 1.54) is 11.2 Å². The first kappa shape index (κ1) is 10.3. The molecule has 7 nitrogen and oxygen atoms in total. The van der Waals surface area contributed by atoms with Gasteiger partial charge in [0, 0.05) is 6.54 Å². The standard InChI is InChI=1S/C7H12N4O3/c1-3-10(7(12)13-4-2)11-5-6(8)14-9-11/h5,8H,3-4H2,1-2H3. The molecule has 1 heterocycles. The Morgan fingerprint density at radius 3 is 2.93 bits per heavy atom. The van der Waals surface area contributed by atoms with Crippen molar-refractivity contribution < 1.29 is 18.8 Å². The second kappa shape index (κ2) is 4.45. The second-order valence-corrected chi connectivity index (χ2v) is 2.40. The molecule has 0 bridgehead atoms. The predicted molar refractivity (Wildman–Crippen MR) is 43.9 cm³/mol. The van der Waals surface area contributed by atoms with Crippen LogP contribution in [0, 0.1) is 5.41 Å². The summed E-state index contributed by atoms with van der Waals surface area (Å²) in [6.07, 6.45) is 0.758. The highest BCUT2D eigenvalue weighted by atomic mass is 16.6. The highest BCUT2D eigenvalue weighted by Gasteiger charge is 2.15. The molecule has 1 amide bonds. The molecule has 0 aromatic carbocycles. The van der Waals surface area contributed by atoms with Gasteiger partial charge in [-0.3, -0.25) is 5.41 Å². The number of hydrogen-bond donors (Lipinski definition) is 1.